The second kappa shape index (κ2) is 6.39. The van der Waals surface area contributed by atoms with Gasteiger partial charge in [0.15, 0.2) is 0 Å². The molecule has 2 rings (SSSR count). The van der Waals surface area contributed by atoms with Gasteiger partial charge in [-0.2, -0.15) is 0 Å². The van der Waals surface area contributed by atoms with Crippen molar-refractivity contribution in [3.05, 3.63) is 28.2 Å². The lowest BCUT2D eigenvalue weighted by Crippen LogP contribution is -2.46. The molecule has 1 fully saturated rings. The van der Waals surface area contributed by atoms with E-state index in [0.29, 0.717) is 25.9 Å². The van der Waals surface area contributed by atoms with Gasteiger partial charge in [-0.15, -0.1) is 0 Å². The first-order chi connectivity index (χ1) is 9.81. The summed E-state index contributed by atoms with van der Waals surface area (Å²) in [5, 5.41) is 9.01. The van der Waals surface area contributed by atoms with Gasteiger partial charge in [-0.05, 0) is 25.0 Å². The van der Waals surface area contributed by atoms with Gasteiger partial charge in [0.05, 0.1) is 10.0 Å². The van der Waals surface area contributed by atoms with Crippen LogP contribution >= 0.6 is 23.2 Å². The number of benzene rings is 1. The van der Waals surface area contributed by atoms with Gasteiger partial charge < -0.3 is 10.0 Å². The molecule has 0 atom stereocenters. The molecular weight excluding hydrogens is 339 g/mol. The Morgan fingerprint density at radius 2 is 1.90 bits per heavy atom. The second-order valence-electron chi connectivity index (χ2n) is 4.72. The normalized spacial score (nSPS) is 17.0. The van der Waals surface area contributed by atoms with Crippen LogP contribution in [0.15, 0.2) is 23.1 Å². The molecule has 1 aliphatic rings. The molecule has 21 heavy (non-hydrogen) atoms. The van der Waals surface area contributed by atoms with Gasteiger partial charge in [-0.1, -0.05) is 29.3 Å². The Morgan fingerprint density at radius 1 is 1.29 bits per heavy atom. The van der Waals surface area contributed by atoms with Gasteiger partial charge >= 0.3 is 6.09 Å². The Labute approximate surface area is 132 Å². The Morgan fingerprint density at radius 3 is 2.48 bits per heavy atom. The van der Waals surface area contributed by atoms with Crippen molar-refractivity contribution in [1.29, 1.82) is 0 Å². The summed E-state index contributed by atoms with van der Waals surface area (Å²) in [5.41, 5.74) is 0. The van der Waals surface area contributed by atoms with E-state index in [0.717, 1.165) is 0 Å². The number of sulfonamides is 1. The van der Waals surface area contributed by atoms with E-state index >= 15 is 0 Å². The minimum Gasteiger partial charge on any atom is -0.465 e. The zero-order valence-corrected chi connectivity index (χ0v) is 13.2. The van der Waals surface area contributed by atoms with Crippen molar-refractivity contribution in [1.82, 2.24) is 9.62 Å². The van der Waals surface area contributed by atoms with Crippen LogP contribution in [0.2, 0.25) is 10.0 Å². The summed E-state index contributed by atoms with van der Waals surface area (Å²) in [4.78, 5) is 12.0. The lowest BCUT2D eigenvalue weighted by Gasteiger charge is -2.30. The number of likely N-dealkylation sites (tertiary alicyclic amines) is 1. The summed E-state index contributed by atoms with van der Waals surface area (Å²) >= 11 is 11.7. The summed E-state index contributed by atoms with van der Waals surface area (Å²) in [6, 6.07) is 4.08. The molecular formula is C12H14Cl2N2O4S. The monoisotopic (exact) mass is 352 g/mol. The molecule has 1 aromatic rings. The number of carbonyl (C=O) groups is 1. The van der Waals surface area contributed by atoms with Crippen molar-refractivity contribution < 1.29 is 18.3 Å². The molecule has 116 valence electrons. The predicted molar refractivity (Wildman–Crippen MR) is 79.4 cm³/mol. The van der Waals surface area contributed by atoms with Crippen molar-refractivity contribution in [2.45, 2.75) is 23.8 Å². The first kappa shape index (κ1) is 16.4. The average molecular weight is 353 g/mol. The fraction of sp³-hybridized carbons (Fsp3) is 0.417. The van der Waals surface area contributed by atoms with Crippen LogP contribution in [0.5, 0.6) is 0 Å². The number of hydrogen-bond acceptors (Lipinski definition) is 3. The summed E-state index contributed by atoms with van der Waals surface area (Å²) < 4.78 is 27.2. The zero-order chi connectivity index (χ0) is 15.6. The number of nitrogens with one attached hydrogen (secondary N) is 1. The zero-order valence-electron chi connectivity index (χ0n) is 10.9. The van der Waals surface area contributed by atoms with E-state index in [-0.39, 0.29) is 21.0 Å². The van der Waals surface area contributed by atoms with E-state index in [1.54, 1.807) is 0 Å². The van der Waals surface area contributed by atoms with Crippen LogP contribution in [0.1, 0.15) is 12.8 Å². The molecule has 1 heterocycles. The number of amides is 1. The van der Waals surface area contributed by atoms with Gasteiger partial charge in [0.1, 0.15) is 4.90 Å². The number of piperidine rings is 1. The van der Waals surface area contributed by atoms with Crippen LogP contribution in [0.4, 0.5) is 4.79 Å². The molecule has 6 nitrogen and oxygen atoms in total. The number of hydrogen-bond donors (Lipinski definition) is 2. The highest BCUT2D eigenvalue weighted by Crippen LogP contribution is 2.29. The highest BCUT2D eigenvalue weighted by atomic mass is 35.5. The third kappa shape index (κ3) is 3.79. The van der Waals surface area contributed by atoms with Crippen LogP contribution in [0.3, 0.4) is 0 Å². The van der Waals surface area contributed by atoms with E-state index in [9.17, 15) is 13.2 Å². The predicted octanol–water partition coefficient (Wildman–Crippen LogP) is 2.41. The molecule has 9 heteroatoms. The third-order valence-electron chi connectivity index (χ3n) is 3.29. The van der Waals surface area contributed by atoms with E-state index in [1.807, 2.05) is 0 Å². The quantitative estimate of drug-likeness (QED) is 0.874. The molecule has 2 N–H and O–H groups in total. The highest BCUT2D eigenvalue weighted by Gasteiger charge is 2.27. The molecule has 1 saturated heterocycles. The van der Waals surface area contributed by atoms with Crippen LogP contribution in [-0.4, -0.2) is 43.6 Å². The summed E-state index contributed by atoms with van der Waals surface area (Å²) in [6.45, 7) is 0.595. The maximum Gasteiger partial charge on any atom is 0.407 e. The van der Waals surface area contributed by atoms with Gasteiger partial charge in [0, 0.05) is 19.1 Å². The van der Waals surface area contributed by atoms with Crippen molar-refractivity contribution in [3.63, 3.8) is 0 Å². The van der Waals surface area contributed by atoms with Crippen LogP contribution in [0, 0.1) is 0 Å². The average Bonchev–Trinajstić information content (AvgIpc) is 2.41. The fourth-order valence-electron chi connectivity index (χ4n) is 2.16. The number of carboxylic acid groups (broad SMARTS) is 1. The summed E-state index contributed by atoms with van der Waals surface area (Å²) in [5.74, 6) is 0. The van der Waals surface area contributed by atoms with E-state index in [2.05, 4.69) is 4.72 Å². The Kier molecular flexibility index (Phi) is 4.98. The minimum atomic E-state index is -3.78. The molecule has 1 aliphatic heterocycles. The van der Waals surface area contributed by atoms with E-state index < -0.39 is 16.1 Å². The minimum absolute atomic E-state index is 0.0189. The fourth-order valence-corrected chi connectivity index (χ4v) is 4.23. The first-order valence-electron chi connectivity index (χ1n) is 6.25. The standard InChI is InChI=1S/C12H14Cl2N2O4S/c13-9-2-1-3-10(11(9)14)21(19,20)15-8-4-6-16(7-5-8)12(17)18/h1-3,8,15H,4-7H2,(H,17,18). The number of nitrogens with zero attached hydrogens (tertiary/aromatic N) is 1. The van der Waals surface area contributed by atoms with Crippen LogP contribution < -0.4 is 4.72 Å². The summed E-state index contributed by atoms with van der Waals surface area (Å²) in [6.07, 6.45) is -0.151. The maximum atomic E-state index is 12.3. The van der Waals surface area contributed by atoms with Crippen molar-refractivity contribution in [2.24, 2.45) is 0 Å². The molecule has 0 radical (unpaired) electrons. The van der Waals surface area contributed by atoms with Gasteiger partial charge in [0.25, 0.3) is 0 Å². The van der Waals surface area contributed by atoms with Gasteiger partial charge in [-0.3, -0.25) is 0 Å². The highest BCUT2D eigenvalue weighted by molar-refractivity contribution is 7.89. The molecule has 0 aliphatic carbocycles. The van der Waals surface area contributed by atoms with Gasteiger partial charge in [0.2, 0.25) is 10.0 Å². The Balaban J connectivity index is 2.09. The molecule has 0 saturated carbocycles. The lowest BCUT2D eigenvalue weighted by molar-refractivity contribution is 0.131. The maximum absolute atomic E-state index is 12.3. The van der Waals surface area contributed by atoms with Crippen LogP contribution in [-0.2, 0) is 10.0 Å². The third-order valence-corrected chi connectivity index (χ3v) is 5.79. The topological polar surface area (TPSA) is 86.7 Å². The van der Waals surface area contributed by atoms with E-state index in [4.69, 9.17) is 28.3 Å². The summed E-state index contributed by atoms with van der Waals surface area (Å²) in [7, 11) is -3.78. The van der Waals surface area contributed by atoms with Crippen molar-refractivity contribution >= 4 is 39.3 Å². The molecule has 0 aromatic heterocycles. The number of halogens is 2. The Bertz CT molecular complexity index is 643. The molecule has 1 amide bonds. The molecule has 0 unspecified atom stereocenters. The molecule has 0 spiro atoms. The smallest absolute Gasteiger partial charge is 0.407 e. The SMILES string of the molecule is O=C(O)N1CCC(NS(=O)(=O)c2cccc(Cl)c2Cl)CC1. The Hall–Kier alpha value is -1.02. The molecule has 0 bridgehead atoms. The lowest BCUT2D eigenvalue weighted by atomic mass is 10.1. The largest absolute Gasteiger partial charge is 0.465 e. The van der Waals surface area contributed by atoms with Crippen molar-refractivity contribution in [3.8, 4) is 0 Å². The second-order valence-corrected chi connectivity index (χ2v) is 7.18. The number of rotatable bonds is 3. The molecule has 1 aromatic carbocycles. The van der Waals surface area contributed by atoms with E-state index in [1.165, 1.54) is 23.1 Å². The first-order valence-corrected chi connectivity index (χ1v) is 8.49. The van der Waals surface area contributed by atoms with Crippen molar-refractivity contribution in [2.75, 3.05) is 13.1 Å². The van der Waals surface area contributed by atoms with Crippen LogP contribution in [0.25, 0.3) is 0 Å². The van der Waals surface area contributed by atoms with Gasteiger partial charge in [-0.25, -0.2) is 17.9 Å².